The molecule has 0 amide bonds. The fourth-order valence-corrected chi connectivity index (χ4v) is 2.21. The predicted molar refractivity (Wildman–Crippen MR) is 85.2 cm³/mol. The van der Waals surface area contributed by atoms with Crippen LogP contribution in [0.3, 0.4) is 0 Å². The van der Waals surface area contributed by atoms with Gasteiger partial charge in [0, 0.05) is 9.13 Å². The Balaban J connectivity index is 2.09. The maximum atomic E-state index is 9.96. The van der Waals surface area contributed by atoms with Crippen LogP contribution in [0, 0.1) is 3.57 Å². The van der Waals surface area contributed by atoms with E-state index < -0.39 is 6.10 Å². The molecular formula is C16H17IO2. The van der Waals surface area contributed by atoms with Crippen molar-refractivity contribution in [2.24, 2.45) is 0 Å². The molecule has 0 aromatic heterocycles. The van der Waals surface area contributed by atoms with Gasteiger partial charge in [0.15, 0.2) is 0 Å². The molecule has 0 saturated heterocycles. The first kappa shape index (κ1) is 14.3. The van der Waals surface area contributed by atoms with E-state index in [0.29, 0.717) is 13.0 Å². The number of benzene rings is 2. The van der Waals surface area contributed by atoms with E-state index in [9.17, 15) is 5.11 Å². The van der Waals surface area contributed by atoms with Crippen molar-refractivity contribution in [3.8, 4) is 5.75 Å². The number of ether oxygens (including phenoxy) is 1. The van der Waals surface area contributed by atoms with E-state index in [1.165, 1.54) is 3.57 Å². The minimum absolute atomic E-state index is 0.465. The van der Waals surface area contributed by atoms with Crippen molar-refractivity contribution < 1.29 is 9.84 Å². The minimum Gasteiger partial charge on any atom is -0.489 e. The van der Waals surface area contributed by atoms with Crippen molar-refractivity contribution in [1.29, 1.82) is 0 Å². The number of aliphatic hydroxyl groups is 1. The Morgan fingerprint density at radius 2 is 1.79 bits per heavy atom. The van der Waals surface area contributed by atoms with Crippen molar-refractivity contribution >= 4 is 22.6 Å². The zero-order valence-electron chi connectivity index (χ0n) is 10.8. The van der Waals surface area contributed by atoms with Gasteiger partial charge in [0.2, 0.25) is 0 Å². The highest BCUT2D eigenvalue weighted by molar-refractivity contribution is 14.1. The van der Waals surface area contributed by atoms with E-state index in [2.05, 4.69) is 46.9 Å². The Morgan fingerprint density at radius 3 is 2.47 bits per heavy atom. The van der Waals surface area contributed by atoms with Gasteiger partial charge in [-0.1, -0.05) is 37.3 Å². The van der Waals surface area contributed by atoms with Gasteiger partial charge in [0.1, 0.15) is 12.4 Å². The second kappa shape index (κ2) is 6.91. The van der Waals surface area contributed by atoms with Crippen LogP contribution in [0.15, 0.2) is 48.5 Å². The predicted octanol–water partition coefficient (Wildman–Crippen LogP) is 4.31. The number of hydrogen-bond donors (Lipinski definition) is 1. The Bertz CT molecular complexity index is 523. The SMILES string of the molecule is CC[C@H](O)c1ccccc1OCc1ccc(I)cc1. The van der Waals surface area contributed by atoms with Crippen LogP contribution >= 0.6 is 22.6 Å². The highest BCUT2D eigenvalue weighted by Crippen LogP contribution is 2.27. The topological polar surface area (TPSA) is 29.5 Å². The van der Waals surface area contributed by atoms with Crippen LogP contribution in [0.25, 0.3) is 0 Å². The summed E-state index contributed by atoms with van der Waals surface area (Å²) in [5, 5.41) is 9.96. The van der Waals surface area contributed by atoms with Crippen molar-refractivity contribution in [2.75, 3.05) is 0 Å². The molecule has 19 heavy (non-hydrogen) atoms. The maximum absolute atomic E-state index is 9.96. The average Bonchev–Trinajstić information content (AvgIpc) is 2.46. The van der Waals surface area contributed by atoms with E-state index in [0.717, 1.165) is 16.9 Å². The monoisotopic (exact) mass is 368 g/mol. The van der Waals surface area contributed by atoms with Crippen LogP contribution < -0.4 is 4.74 Å². The van der Waals surface area contributed by atoms with E-state index in [-0.39, 0.29) is 0 Å². The summed E-state index contributed by atoms with van der Waals surface area (Å²) in [6.45, 7) is 2.48. The first-order chi connectivity index (χ1) is 9.20. The smallest absolute Gasteiger partial charge is 0.125 e. The second-order valence-electron chi connectivity index (χ2n) is 4.38. The van der Waals surface area contributed by atoms with E-state index in [1.807, 2.05) is 31.2 Å². The Kier molecular flexibility index (Phi) is 5.22. The summed E-state index contributed by atoms with van der Waals surface area (Å²) < 4.78 is 7.03. The largest absolute Gasteiger partial charge is 0.489 e. The third kappa shape index (κ3) is 3.94. The molecular weight excluding hydrogens is 351 g/mol. The van der Waals surface area contributed by atoms with Crippen LogP contribution in [-0.2, 0) is 6.61 Å². The zero-order chi connectivity index (χ0) is 13.7. The fourth-order valence-electron chi connectivity index (χ4n) is 1.85. The van der Waals surface area contributed by atoms with Gasteiger partial charge >= 0.3 is 0 Å². The number of rotatable bonds is 5. The molecule has 0 bridgehead atoms. The van der Waals surface area contributed by atoms with Gasteiger partial charge in [-0.15, -0.1) is 0 Å². The maximum Gasteiger partial charge on any atom is 0.125 e. The van der Waals surface area contributed by atoms with Crippen LogP contribution in [0.2, 0.25) is 0 Å². The number of hydrogen-bond acceptors (Lipinski definition) is 2. The van der Waals surface area contributed by atoms with Gasteiger partial charge in [0.05, 0.1) is 6.10 Å². The molecule has 1 atom stereocenters. The molecule has 0 heterocycles. The number of halogens is 1. The lowest BCUT2D eigenvalue weighted by Gasteiger charge is -2.15. The zero-order valence-corrected chi connectivity index (χ0v) is 13.0. The van der Waals surface area contributed by atoms with Crippen LogP contribution in [-0.4, -0.2) is 5.11 Å². The van der Waals surface area contributed by atoms with Gasteiger partial charge in [-0.25, -0.2) is 0 Å². The average molecular weight is 368 g/mol. The van der Waals surface area contributed by atoms with Crippen molar-refractivity contribution in [3.05, 3.63) is 63.2 Å². The quantitative estimate of drug-likeness (QED) is 0.797. The molecule has 1 N–H and O–H groups in total. The molecule has 0 fully saturated rings. The standard InChI is InChI=1S/C16H17IO2/c1-2-15(18)14-5-3-4-6-16(14)19-11-12-7-9-13(17)10-8-12/h3-10,15,18H,2,11H2,1H3/t15-/m0/s1. The van der Waals surface area contributed by atoms with Crippen LogP contribution in [0.5, 0.6) is 5.75 Å². The van der Waals surface area contributed by atoms with Crippen molar-refractivity contribution in [3.63, 3.8) is 0 Å². The molecule has 0 spiro atoms. The summed E-state index contributed by atoms with van der Waals surface area (Å²) >= 11 is 2.28. The summed E-state index contributed by atoms with van der Waals surface area (Å²) in [5.41, 5.74) is 1.98. The molecule has 0 aliphatic heterocycles. The molecule has 2 aromatic rings. The number of para-hydroxylation sites is 1. The molecule has 0 aliphatic carbocycles. The van der Waals surface area contributed by atoms with Crippen LogP contribution in [0.1, 0.15) is 30.6 Å². The summed E-state index contributed by atoms with van der Waals surface area (Å²) in [6, 6.07) is 15.9. The molecule has 3 heteroatoms. The van der Waals surface area contributed by atoms with E-state index in [4.69, 9.17) is 4.74 Å². The molecule has 2 rings (SSSR count). The van der Waals surface area contributed by atoms with E-state index in [1.54, 1.807) is 0 Å². The fraction of sp³-hybridized carbons (Fsp3) is 0.250. The third-order valence-corrected chi connectivity index (χ3v) is 3.69. The van der Waals surface area contributed by atoms with Crippen molar-refractivity contribution in [2.45, 2.75) is 26.1 Å². The summed E-state index contributed by atoms with van der Waals surface area (Å²) in [4.78, 5) is 0. The third-order valence-electron chi connectivity index (χ3n) is 2.97. The molecule has 2 aromatic carbocycles. The molecule has 0 radical (unpaired) electrons. The molecule has 2 nitrogen and oxygen atoms in total. The highest BCUT2D eigenvalue weighted by atomic mass is 127. The lowest BCUT2D eigenvalue weighted by atomic mass is 10.1. The Hall–Kier alpha value is -1.07. The second-order valence-corrected chi connectivity index (χ2v) is 5.62. The first-order valence-corrected chi connectivity index (χ1v) is 7.43. The summed E-state index contributed by atoms with van der Waals surface area (Å²) in [6.07, 6.45) is 0.220. The molecule has 0 unspecified atom stereocenters. The summed E-state index contributed by atoms with van der Waals surface area (Å²) in [5.74, 6) is 0.760. The normalized spacial score (nSPS) is 12.2. The van der Waals surface area contributed by atoms with Gasteiger partial charge in [-0.3, -0.25) is 0 Å². The van der Waals surface area contributed by atoms with Gasteiger partial charge in [-0.2, -0.15) is 0 Å². The molecule has 0 saturated carbocycles. The van der Waals surface area contributed by atoms with Gasteiger partial charge in [-0.05, 0) is 52.8 Å². The minimum atomic E-state index is -0.465. The van der Waals surface area contributed by atoms with Gasteiger partial charge < -0.3 is 9.84 Å². The summed E-state index contributed by atoms with van der Waals surface area (Å²) in [7, 11) is 0. The van der Waals surface area contributed by atoms with E-state index >= 15 is 0 Å². The van der Waals surface area contributed by atoms with Crippen molar-refractivity contribution in [1.82, 2.24) is 0 Å². The Labute approximate surface area is 127 Å². The molecule has 100 valence electrons. The lowest BCUT2D eigenvalue weighted by molar-refractivity contribution is 0.166. The Morgan fingerprint density at radius 1 is 1.11 bits per heavy atom. The highest BCUT2D eigenvalue weighted by Gasteiger charge is 2.10. The first-order valence-electron chi connectivity index (χ1n) is 6.35. The van der Waals surface area contributed by atoms with Crippen LogP contribution in [0.4, 0.5) is 0 Å². The molecule has 0 aliphatic rings. The van der Waals surface area contributed by atoms with Gasteiger partial charge in [0.25, 0.3) is 0 Å². The lowest BCUT2D eigenvalue weighted by Crippen LogP contribution is -2.02. The number of aliphatic hydroxyl groups excluding tert-OH is 1.